The quantitative estimate of drug-likeness (QED) is 0.539. The lowest BCUT2D eigenvalue weighted by atomic mass is 10.1. The van der Waals surface area contributed by atoms with Gasteiger partial charge in [-0.05, 0) is 43.0 Å². The predicted octanol–water partition coefficient (Wildman–Crippen LogP) is 3.50. The lowest BCUT2D eigenvalue weighted by Gasteiger charge is -2.07. The van der Waals surface area contributed by atoms with Crippen LogP contribution in [0.3, 0.4) is 0 Å². The number of nitrogens with one attached hydrogen (secondary N) is 1. The first-order valence-corrected chi connectivity index (χ1v) is 8.86. The minimum absolute atomic E-state index is 0.0619. The average Bonchev–Trinajstić information content (AvgIpc) is 2.65. The van der Waals surface area contributed by atoms with Crippen LogP contribution in [0, 0.1) is 18.6 Å². The molecule has 0 aliphatic rings. The molecule has 0 fully saturated rings. The van der Waals surface area contributed by atoms with E-state index in [0.29, 0.717) is 18.4 Å². The van der Waals surface area contributed by atoms with Gasteiger partial charge in [0.2, 0.25) is 5.91 Å². The Hall–Kier alpha value is -2.76. The first-order valence-electron chi connectivity index (χ1n) is 8.86. The van der Waals surface area contributed by atoms with Crippen LogP contribution in [-0.2, 0) is 27.2 Å². The maximum absolute atomic E-state index is 13.1. The highest BCUT2D eigenvalue weighted by Crippen LogP contribution is 2.10. The highest BCUT2D eigenvalue weighted by Gasteiger charge is 2.07. The van der Waals surface area contributed by atoms with Crippen LogP contribution in [0.25, 0.3) is 0 Å². The summed E-state index contributed by atoms with van der Waals surface area (Å²) in [6.07, 6.45) is 1.35. The van der Waals surface area contributed by atoms with Gasteiger partial charge in [-0.3, -0.25) is 9.59 Å². The van der Waals surface area contributed by atoms with E-state index in [1.807, 2.05) is 31.2 Å². The molecule has 0 atom stereocenters. The molecule has 4 nitrogen and oxygen atoms in total. The van der Waals surface area contributed by atoms with Crippen molar-refractivity contribution < 1.29 is 23.1 Å². The van der Waals surface area contributed by atoms with Crippen molar-refractivity contribution in [2.75, 3.05) is 13.2 Å². The van der Waals surface area contributed by atoms with E-state index >= 15 is 0 Å². The van der Waals surface area contributed by atoms with Gasteiger partial charge in [-0.2, -0.15) is 0 Å². The summed E-state index contributed by atoms with van der Waals surface area (Å²) >= 11 is 0. The van der Waals surface area contributed by atoms with Gasteiger partial charge in [0.25, 0.3) is 0 Å². The second-order valence-electron chi connectivity index (χ2n) is 6.30. The normalized spacial score (nSPS) is 10.5. The smallest absolute Gasteiger partial charge is 0.306 e. The highest BCUT2D eigenvalue weighted by atomic mass is 19.2. The van der Waals surface area contributed by atoms with Crippen molar-refractivity contribution in [1.82, 2.24) is 5.32 Å². The monoisotopic (exact) mass is 375 g/mol. The Kier molecular flexibility index (Phi) is 7.92. The highest BCUT2D eigenvalue weighted by molar-refractivity contribution is 5.76. The topological polar surface area (TPSA) is 55.4 Å². The van der Waals surface area contributed by atoms with Gasteiger partial charge in [0.05, 0.1) is 6.54 Å². The summed E-state index contributed by atoms with van der Waals surface area (Å²) in [7, 11) is 0. The molecule has 0 heterocycles. The van der Waals surface area contributed by atoms with Crippen LogP contribution in [0.2, 0.25) is 0 Å². The first-order chi connectivity index (χ1) is 12.9. The van der Waals surface area contributed by atoms with E-state index < -0.39 is 17.6 Å². The molecule has 1 amide bonds. The van der Waals surface area contributed by atoms with Crippen LogP contribution in [-0.4, -0.2) is 25.0 Å². The number of hydrogen-bond acceptors (Lipinski definition) is 3. The lowest BCUT2D eigenvalue weighted by Crippen LogP contribution is -2.28. The van der Waals surface area contributed by atoms with Gasteiger partial charge in [0.1, 0.15) is 6.61 Å². The van der Waals surface area contributed by atoms with E-state index in [1.165, 1.54) is 11.6 Å². The summed E-state index contributed by atoms with van der Waals surface area (Å²) in [4.78, 5) is 23.4. The predicted molar refractivity (Wildman–Crippen MR) is 98.1 cm³/mol. The Morgan fingerprint density at radius 2 is 1.59 bits per heavy atom. The number of benzene rings is 2. The van der Waals surface area contributed by atoms with Crippen LogP contribution in [0.4, 0.5) is 8.78 Å². The van der Waals surface area contributed by atoms with Crippen molar-refractivity contribution in [2.24, 2.45) is 0 Å². The molecule has 2 aromatic rings. The number of rotatable bonds is 9. The van der Waals surface area contributed by atoms with Crippen molar-refractivity contribution in [3.63, 3.8) is 0 Å². The number of halogens is 2. The molecular weight excluding hydrogens is 352 g/mol. The molecule has 2 rings (SSSR count). The van der Waals surface area contributed by atoms with Crippen molar-refractivity contribution in [3.8, 4) is 0 Å². The van der Waals surface area contributed by atoms with Gasteiger partial charge in [-0.1, -0.05) is 35.9 Å². The van der Waals surface area contributed by atoms with Gasteiger partial charge >= 0.3 is 5.97 Å². The SMILES string of the molecule is Cc1ccc(CCC(=O)NCCOC(=O)CCc2ccc(F)c(F)c2)cc1. The largest absolute Gasteiger partial charge is 0.464 e. The molecule has 0 saturated carbocycles. The van der Waals surface area contributed by atoms with Crippen LogP contribution in [0.1, 0.15) is 29.5 Å². The molecule has 0 bridgehead atoms. The summed E-state index contributed by atoms with van der Waals surface area (Å²) in [5.74, 6) is -2.41. The number of amides is 1. The van der Waals surface area contributed by atoms with Crippen molar-refractivity contribution in [1.29, 1.82) is 0 Å². The number of carbonyl (C=O) groups excluding carboxylic acids is 2. The Bertz CT molecular complexity index is 775. The van der Waals surface area contributed by atoms with Crippen LogP contribution in [0.5, 0.6) is 0 Å². The Labute approximate surface area is 157 Å². The Balaban J connectivity index is 1.57. The van der Waals surface area contributed by atoms with Gasteiger partial charge < -0.3 is 10.1 Å². The van der Waals surface area contributed by atoms with Crippen LogP contribution >= 0.6 is 0 Å². The third-order valence-electron chi connectivity index (χ3n) is 4.05. The van der Waals surface area contributed by atoms with E-state index in [0.717, 1.165) is 17.7 Å². The van der Waals surface area contributed by atoms with Gasteiger partial charge in [0.15, 0.2) is 11.6 Å². The fourth-order valence-corrected chi connectivity index (χ4v) is 2.47. The number of hydrogen-bond donors (Lipinski definition) is 1. The molecule has 144 valence electrons. The maximum atomic E-state index is 13.1. The van der Waals surface area contributed by atoms with Crippen LogP contribution < -0.4 is 5.32 Å². The van der Waals surface area contributed by atoms with Gasteiger partial charge in [-0.25, -0.2) is 8.78 Å². The summed E-state index contributed by atoms with van der Waals surface area (Å²) in [5.41, 5.74) is 2.80. The molecular formula is C21H23F2NO3. The first kappa shape index (κ1) is 20.6. The molecule has 0 aliphatic carbocycles. The third-order valence-corrected chi connectivity index (χ3v) is 4.05. The number of esters is 1. The molecule has 0 unspecified atom stereocenters. The minimum Gasteiger partial charge on any atom is -0.464 e. The summed E-state index contributed by atoms with van der Waals surface area (Å²) in [6.45, 7) is 2.33. The molecule has 0 spiro atoms. The number of aryl methyl sites for hydroxylation is 3. The van der Waals surface area contributed by atoms with E-state index in [-0.39, 0.29) is 31.9 Å². The molecule has 6 heteroatoms. The molecule has 27 heavy (non-hydrogen) atoms. The van der Waals surface area contributed by atoms with Gasteiger partial charge in [-0.15, -0.1) is 0 Å². The molecule has 2 aromatic carbocycles. The van der Waals surface area contributed by atoms with Crippen molar-refractivity contribution in [3.05, 3.63) is 70.8 Å². The fraction of sp³-hybridized carbons (Fsp3) is 0.333. The minimum atomic E-state index is -0.936. The summed E-state index contributed by atoms with van der Waals surface area (Å²) < 4.78 is 30.9. The molecule has 0 saturated heterocycles. The van der Waals surface area contributed by atoms with Crippen LogP contribution in [0.15, 0.2) is 42.5 Å². The average molecular weight is 375 g/mol. The zero-order valence-electron chi connectivity index (χ0n) is 15.3. The molecule has 0 aromatic heterocycles. The molecule has 0 aliphatic heterocycles. The van der Waals surface area contributed by atoms with E-state index in [4.69, 9.17) is 4.74 Å². The summed E-state index contributed by atoms with van der Waals surface area (Å²) in [6, 6.07) is 11.5. The second kappa shape index (κ2) is 10.4. The standard InChI is InChI=1S/C21H23F2NO3/c1-15-2-4-16(5-3-15)7-10-20(25)24-12-13-27-21(26)11-8-17-6-9-18(22)19(23)14-17/h2-6,9,14H,7-8,10-13H2,1H3,(H,24,25). The summed E-state index contributed by atoms with van der Waals surface area (Å²) in [5, 5.41) is 2.70. The fourth-order valence-electron chi connectivity index (χ4n) is 2.47. The van der Waals surface area contributed by atoms with E-state index in [2.05, 4.69) is 5.32 Å². The molecule has 1 N–H and O–H groups in total. The number of carbonyl (C=O) groups is 2. The van der Waals surface area contributed by atoms with Gasteiger partial charge in [0, 0.05) is 12.8 Å². The molecule has 0 radical (unpaired) electrons. The zero-order valence-corrected chi connectivity index (χ0v) is 15.3. The van der Waals surface area contributed by atoms with Crippen molar-refractivity contribution in [2.45, 2.75) is 32.6 Å². The second-order valence-corrected chi connectivity index (χ2v) is 6.30. The van der Waals surface area contributed by atoms with E-state index in [1.54, 1.807) is 0 Å². The number of ether oxygens (including phenoxy) is 1. The zero-order chi connectivity index (χ0) is 19.6. The lowest BCUT2D eigenvalue weighted by molar-refractivity contribution is -0.143. The Morgan fingerprint density at radius 3 is 2.30 bits per heavy atom. The third kappa shape index (κ3) is 7.56. The van der Waals surface area contributed by atoms with Crippen molar-refractivity contribution >= 4 is 11.9 Å². The Morgan fingerprint density at radius 1 is 0.926 bits per heavy atom. The van der Waals surface area contributed by atoms with E-state index in [9.17, 15) is 18.4 Å². The maximum Gasteiger partial charge on any atom is 0.306 e.